The summed E-state index contributed by atoms with van der Waals surface area (Å²) >= 11 is 0. The fourth-order valence-electron chi connectivity index (χ4n) is 3.14. The van der Waals surface area contributed by atoms with Gasteiger partial charge < -0.3 is 14.7 Å². The average Bonchev–Trinajstić information content (AvgIpc) is 3.06. The third-order valence-electron chi connectivity index (χ3n) is 4.76. The van der Waals surface area contributed by atoms with Crippen molar-refractivity contribution in [3.63, 3.8) is 0 Å². The third kappa shape index (κ3) is 3.00. The van der Waals surface area contributed by atoms with Gasteiger partial charge in [-0.1, -0.05) is 38.1 Å². The Bertz CT molecular complexity index is 1310. The van der Waals surface area contributed by atoms with Crippen molar-refractivity contribution in [1.29, 1.82) is 0 Å². The monoisotopic (exact) mass is 376 g/mol. The van der Waals surface area contributed by atoms with Gasteiger partial charge >= 0.3 is 11.2 Å². The van der Waals surface area contributed by atoms with Crippen LogP contribution in [0.2, 0.25) is 0 Å². The molecule has 0 spiro atoms. The first-order valence-corrected chi connectivity index (χ1v) is 8.97. The van der Waals surface area contributed by atoms with Gasteiger partial charge in [0, 0.05) is 10.9 Å². The van der Waals surface area contributed by atoms with Crippen molar-refractivity contribution >= 4 is 28.2 Å². The zero-order valence-electron chi connectivity index (χ0n) is 15.8. The zero-order valence-corrected chi connectivity index (χ0v) is 15.8. The van der Waals surface area contributed by atoms with Crippen LogP contribution in [0.5, 0.6) is 5.75 Å². The number of aromatic amines is 2. The lowest BCUT2D eigenvalue weighted by atomic mass is 10.0. The maximum absolute atomic E-state index is 12.8. The molecule has 0 radical (unpaired) electrons. The summed E-state index contributed by atoms with van der Waals surface area (Å²) in [7, 11) is 1.56. The number of nitrogens with zero attached hydrogens (tertiary/aromatic N) is 2. The van der Waals surface area contributed by atoms with Gasteiger partial charge in [0.2, 0.25) is 0 Å². The molecule has 0 bridgehead atoms. The summed E-state index contributed by atoms with van der Waals surface area (Å²) in [5, 5.41) is 4.81. The van der Waals surface area contributed by atoms with E-state index in [2.05, 4.69) is 28.9 Å². The van der Waals surface area contributed by atoms with Crippen LogP contribution in [0.1, 0.15) is 30.9 Å². The Kier molecular flexibility index (Phi) is 4.35. The molecule has 142 valence electrons. The lowest BCUT2D eigenvalue weighted by molar-refractivity contribution is 0.415. The third-order valence-corrected chi connectivity index (χ3v) is 4.76. The first-order valence-electron chi connectivity index (χ1n) is 8.97. The Hall–Kier alpha value is -3.61. The Morgan fingerprint density at radius 3 is 2.46 bits per heavy atom. The van der Waals surface area contributed by atoms with Crippen LogP contribution in [0.4, 0.5) is 0 Å². The molecule has 0 aliphatic carbocycles. The topological polar surface area (TPSA) is 92.2 Å². The fraction of sp³-hybridized carbons (Fsp3) is 0.190. The van der Waals surface area contributed by atoms with E-state index in [0.29, 0.717) is 22.6 Å². The van der Waals surface area contributed by atoms with Crippen molar-refractivity contribution in [2.24, 2.45) is 5.10 Å². The van der Waals surface area contributed by atoms with Gasteiger partial charge in [-0.15, -0.1) is 4.68 Å². The highest BCUT2D eigenvalue weighted by molar-refractivity contribution is 6.04. The number of H-pyrrole nitrogens is 2. The summed E-state index contributed by atoms with van der Waals surface area (Å²) in [5.41, 5.74) is 2.36. The molecule has 0 aliphatic heterocycles. The van der Waals surface area contributed by atoms with Gasteiger partial charge in [-0.2, -0.15) is 5.10 Å². The SMILES string of the molecule is COc1ccc2[nH]c3c(=O)n(/N=C/c4ccc(C(C)C)cc4)c(=O)[nH]c3c2c1. The molecule has 0 aliphatic rings. The number of fused-ring (bicyclic) bond motifs is 3. The van der Waals surface area contributed by atoms with Gasteiger partial charge in [-0.05, 0) is 35.2 Å². The second kappa shape index (κ2) is 6.84. The van der Waals surface area contributed by atoms with E-state index in [9.17, 15) is 9.59 Å². The van der Waals surface area contributed by atoms with Crippen molar-refractivity contribution in [2.45, 2.75) is 19.8 Å². The summed E-state index contributed by atoms with van der Waals surface area (Å²) in [5.74, 6) is 1.07. The van der Waals surface area contributed by atoms with Crippen molar-refractivity contribution in [2.75, 3.05) is 7.11 Å². The van der Waals surface area contributed by atoms with Crippen LogP contribution in [0.25, 0.3) is 21.9 Å². The number of methoxy groups -OCH3 is 1. The molecule has 7 nitrogen and oxygen atoms in total. The summed E-state index contributed by atoms with van der Waals surface area (Å²) in [6, 6.07) is 13.2. The van der Waals surface area contributed by atoms with Gasteiger partial charge in [-0.3, -0.25) is 4.79 Å². The Labute approximate surface area is 160 Å². The number of hydrogen-bond donors (Lipinski definition) is 2. The number of benzene rings is 2. The van der Waals surface area contributed by atoms with Crippen LogP contribution in [0, 0.1) is 0 Å². The number of hydrogen-bond acceptors (Lipinski definition) is 4. The van der Waals surface area contributed by atoms with Crippen LogP contribution >= 0.6 is 0 Å². The lowest BCUT2D eigenvalue weighted by Crippen LogP contribution is -2.32. The molecule has 4 aromatic rings. The summed E-state index contributed by atoms with van der Waals surface area (Å²) in [4.78, 5) is 31.1. The van der Waals surface area contributed by atoms with Crippen LogP contribution in [0.15, 0.2) is 57.2 Å². The van der Waals surface area contributed by atoms with Crippen LogP contribution in [0.3, 0.4) is 0 Å². The molecule has 7 heteroatoms. The quantitative estimate of drug-likeness (QED) is 0.536. The second-order valence-electron chi connectivity index (χ2n) is 6.90. The summed E-state index contributed by atoms with van der Waals surface area (Å²) < 4.78 is 6.05. The molecule has 28 heavy (non-hydrogen) atoms. The Morgan fingerprint density at radius 2 is 1.79 bits per heavy atom. The molecule has 0 amide bonds. The molecular formula is C21H20N4O3. The number of nitrogens with one attached hydrogen (secondary N) is 2. The van der Waals surface area contributed by atoms with E-state index in [-0.39, 0.29) is 5.52 Å². The van der Waals surface area contributed by atoms with E-state index in [1.165, 1.54) is 11.8 Å². The van der Waals surface area contributed by atoms with E-state index in [1.807, 2.05) is 24.3 Å². The Morgan fingerprint density at radius 1 is 1.04 bits per heavy atom. The molecule has 0 saturated heterocycles. The van der Waals surface area contributed by atoms with E-state index < -0.39 is 11.2 Å². The molecule has 4 rings (SSSR count). The maximum Gasteiger partial charge on any atom is 0.350 e. The Balaban J connectivity index is 1.80. The van der Waals surface area contributed by atoms with Gasteiger partial charge in [0.1, 0.15) is 11.3 Å². The van der Waals surface area contributed by atoms with Gasteiger partial charge in [0.05, 0.1) is 18.8 Å². The highest BCUT2D eigenvalue weighted by Gasteiger charge is 2.13. The van der Waals surface area contributed by atoms with Gasteiger partial charge in [-0.25, -0.2) is 4.79 Å². The average molecular weight is 376 g/mol. The minimum Gasteiger partial charge on any atom is -0.497 e. The highest BCUT2D eigenvalue weighted by atomic mass is 16.5. The summed E-state index contributed by atoms with van der Waals surface area (Å²) in [6.45, 7) is 4.24. The molecular weight excluding hydrogens is 356 g/mol. The van der Waals surface area contributed by atoms with Crippen molar-refractivity contribution < 1.29 is 4.74 Å². The minimum absolute atomic E-state index is 0.287. The van der Waals surface area contributed by atoms with Crippen LogP contribution in [-0.4, -0.2) is 28.0 Å². The second-order valence-corrected chi connectivity index (χ2v) is 6.90. The molecule has 2 aromatic carbocycles. The predicted octanol–water partition coefficient (Wildman–Crippen LogP) is 3.19. The lowest BCUT2D eigenvalue weighted by Gasteiger charge is -2.04. The molecule has 2 heterocycles. The predicted molar refractivity (Wildman–Crippen MR) is 111 cm³/mol. The zero-order chi connectivity index (χ0) is 19.8. The molecule has 2 aromatic heterocycles. The fourth-order valence-corrected chi connectivity index (χ4v) is 3.14. The minimum atomic E-state index is -0.601. The molecule has 2 N–H and O–H groups in total. The molecule has 0 fully saturated rings. The van der Waals surface area contributed by atoms with Crippen molar-refractivity contribution in [1.82, 2.24) is 14.6 Å². The highest BCUT2D eigenvalue weighted by Crippen LogP contribution is 2.25. The standard InChI is InChI=1S/C21H20N4O3/c1-12(2)14-6-4-13(5-7-14)11-22-25-20(26)19-18(24-21(25)27)16-10-15(28-3)8-9-17(16)23-19/h4-12,23H,1-3H3,(H,24,27)/b22-11+. The molecule has 0 saturated carbocycles. The van der Waals surface area contributed by atoms with Crippen LogP contribution < -0.4 is 16.0 Å². The maximum atomic E-state index is 12.8. The number of aromatic nitrogens is 3. The normalized spacial score (nSPS) is 11.9. The van der Waals surface area contributed by atoms with Crippen molar-refractivity contribution in [3.8, 4) is 5.75 Å². The first kappa shape index (κ1) is 17.8. The smallest absolute Gasteiger partial charge is 0.350 e. The van der Waals surface area contributed by atoms with Crippen LogP contribution in [-0.2, 0) is 0 Å². The number of ether oxygens (including phenoxy) is 1. The van der Waals surface area contributed by atoms with Crippen molar-refractivity contribution in [3.05, 3.63) is 74.4 Å². The van der Waals surface area contributed by atoms with Gasteiger partial charge in [0.25, 0.3) is 0 Å². The molecule has 0 atom stereocenters. The van der Waals surface area contributed by atoms with Gasteiger partial charge in [0.15, 0.2) is 0 Å². The molecule has 0 unspecified atom stereocenters. The van der Waals surface area contributed by atoms with E-state index >= 15 is 0 Å². The largest absolute Gasteiger partial charge is 0.497 e. The first-order chi connectivity index (χ1) is 13.5. The van der Waals surface area contributed by atoms with E-state index in [0.717, 1.165) is 15.8 Å². The van der Waals surface area contributed by atoms with E-state index in [1.54, 1.807) is 25.3 Å². The van der Waals surface area contributed by atoms with E-state index in [4.69, 9.17) is 4.74 Å². The summed E-state index contributed by atoms with van der Waals surface area (Å²) in [6.07, 6.45) is 1.50. The number of rotatable bonds is 4.